The van der Waals surface area contributed by atoms with Crippen LogP contribution < -0.4 is 0 Å². The van der Waals surface area contributed by atoms with Crippen LogP contribution >= 0.6 is 0 Å². The molecule has 0 bridgehead atoms. The molecule has 2 nitrogen and oxygen atoms in total. The normalized spacial score (nSPS) is 8.07. The van der Waals surface area contributed by atoms with Gasteiger partial charge in [-0.2, -0.15) is 0 Å². The van der Waals surface area contributed by atoms with Gasteiger partial charge < -0.3 is 9.80 Å². The maximum Gasteiger partial charge on any atom is 0.0374 e. The average molecular weight is 202 g/mol. The Bertz CT molecular complexity index is 109. The van der Waals surface area contributed by atoms with Crippen LogP contribution in [0.5, 0.6) is 0 Å². The van der Waals surface area contributed by atoms with Crippen molar-refractivity contribution in [1.82, 2.24) is 9.80 Å². The number of rotatable bonds is 4. The van der Waals surface area contributed by atoms with Gasteiger partial charge in [-0.05, 0) is 13.6 Å². The summed E-state index contributed by atoms with van der Waals surface area (Å²) < 4.78 is 0. The second-order valence-electron chi connectivity index (χ2n) is 2.79. The summed E-state index contributed by atoms with van der Waals surface area (Å²) in [7, 11) is 6.13. The number of hydrogen-bond acceptors (Lipinski definition) is 2. The van der Waals surface area contributed by atoms with Gasteiger partial charge in [0, 0.05) is 26.3 Å². The van der Waals surface area contributed by atoms with Crippen LogP contribution in [0.15, 0.2) is 12.3 Å². The quantitative estimate of drug-likeness (QED) is 0.691. The maximum absolute atomic E-state index is 3.93. The second-order valence-corrected chi connectivity index (χ2v) is 2.79. The Morgan fingerprint density at radius 1 is 1.00 bits per heavy atom. The monoisotopic (exact) mass is 202 g/mol. The SMILES string of the molecule is C=C(CN(C)CC)N(C)C.CC.CC. The van der Waals surface area contributed by atoms with Crippen LogP contribution in [0, 0.1) is 0 Å². The topological polar surface area (TPSA) is 6.48 Å². The fraction of sp³-hybridized carbons (Fsp3) is 0.833. The molecule has 0 radical (unpaired) electrons. The molecule has 0 aromatic carbocycles. The Morgan fingerprint density at radius 3 is 1.57 bits per heavy atom. The molecule has 0 aliphatic heterocycles. The molecule has 0 aromatic rings. The van der Waals surface area contributed by atoms with Crippen LogP contribution in [0.3, 0.4) is 0 Å². The van der Waals surface area contributed by atoms with Gasteiger partial charge >= 0.3 is 0 Å². The average Bonchev–Trinajstić information content (AvgIpc) is 2.23. The molecule has 0 aliphatic carbocycles. The fourth-order valence-electron chi connectivity index (χ4n) is 0.565. The van der Waals surface area contributed by atoms with Crippen LogP contribution in [-0.2, 0) is 0 Å². The molecule has 0 fully saturated rings. The fourth-order valence-corrected chi connectivity index (χ4v) is 0.565. The first kappa shape index (κ1) is 19.1. The molecule has 0 heterocycles. The van der Waals surface area contributed by atoms with E-state index in [-0.39, 0.29) is 0 Å². The van der Waals surface area contributed by atoms with E-state index in [1.54, 1.807) is 0 Å². The Hall–Kier alpha value is -0.500. The largest absolute Gasteiger partial charge is 0.380 e. The van der Waals surface area contributed by atoms with Gasteiger partial charge in [0.2, 0.25) is 0 Å². The summed E-state index contributed by atoms with van der Waals surface area (Å²) >= 11 is 0. The predicted molar refractivity (Wildman–Crippen MR) is 68.7 cm³/mol. The molecule has 0 rings (SSSR count). The van der Waals surface area contributed by atoms with Gasteiger partial charge in [0.05, 0.1) is 0 Å². The summed E-state index contributed by atoms with van der Waals surface area (Å²) in [6.45, 7) is 16.1. The van der Waals surface area contributed by atoms with E-state index in [1.807, 2.05) is 46.7 Å². The van der Waals surface area contributed by atoms with E-state index in [0.29, 0.717) is 0 Å². The molecule has 0 N–H and O–H groups in total. The lowest BCUT2D eigenvalue weighted by molar-refractivity contribution is 0.342. The van der Waals surface area contributed by atoms with E-state index in [9.17, 15) is 0 Å². The minimum Gasteiger partial charge on any atom is -0.380 e. The Labute approximate surface area is 91.6 Å². The molecule has 2 heteroatoms. The van der Waals surface area contributed by atoms with Gasteiger partial charge in [0.1, 0.15) is 0 Å². The van der Waals surface area contributed by atoms with Crippen molar-refractivity contribution in [2.75, 3.05) is 34.2 Å². The van der Waals surface area contributed by atoms with Crippen LogP contribution in [0.4, 0.5) is 0 Å². The third kappa shape index (κ3) is 14.0. The first-order valence-electron chi connectivity index (χ1n) is 5.61. The lowest BCUT2D eigenvalue weighted by Gasteiger charge is -2.21. The smallest absolute Gasteiger partial charge is 0.0374 e. The third-order valence-electron chi connectivity index (χ3n) is 1.62. The third-order valence-corrected chi connectivity index (χ3v) is 1.62. The van der Waals surface area contributed by atoms with Crippen molar-refractivity contribution in [1.29, 1.82) is 0 Å². The molecule has 0 aliphatic rings. The van der Waals surface area contributed by atoms with E-state index in [4.69, 9.17) is 0 Å². The first-order chi connectivity index (χ1) is 6.57. The van der Waals surface area contributed by atoms with Crippen LogP contribution in [-0.4, -0.2) is 44.0 Å². The Balaban J connectivity index is -0.000000266. The molecular weight excluding hydrogens is 172 g/mol. The summed E-state index contributed by atoms with van der Waals surface area (Å²) in [6, 6.07) is 0. The van der Waals surface area contributed by atoms with Crippen molar-refractivity contribution in [2.24, 2.45) is 0 Å². The molecule has 0 aromatic heterocycles. The molecule has 88 valence electrons. The molecule has 0 atom stereocenters. The summed E-state index contributed by atoms with van der Waals surface area (Å²) in [5.74, 6) is 0. The van der Waals surface area contributed by atoms with Crippen molar-refractivity contribution < 1.29 is 0 Å². The van der Waals surface area contributed by atoms with Crippen LogP contribution in [0.2, 0.25) is 0 Å². The number of nitrogens with zero attached hydrogens (tertiary/aromatic N) is 2. The molecular formula is C12H30N2. The summed E-state index contributed by atoms with van der Waals surface area (Å²) in [4.78, 5) is 4.27. The highest BCUT2D eigenvalue weighted by Crippen LogP contribution is 1.95. The van der Waals surface area contributed by atoms with Gasteiger partial charge in [-0.25, -0.2) is 0 Å². The summed E-state index contributed by atoms with van der Waals surface area (Å²) in [6.07, 6.45) is 0. The van der Waals surface area contributed by atoms with Crippen molar-refractivity contribution in [3.8, 4) is 0 Å². The standard InChI is InChI=1S/C8H18N2.2C2H6/c1-6-10(5)7-8(2)9(3)4;2*1-2/h2,6-7H2,1,3-5H3;2*1-2H3. The molecule has 0 unspecified atom stereocenters. The van der Waals surface area contributed by atoms with Gasteiger partial charge in [-0.3, -0.25) is 0 Å². The number of hydrogen-bond donors (Lipinski definition) is 0. The molecule has 14 heavy (non-hydrogen) atoms. The highest BCUT2D eigenvalue weighted by molar-refractivity contribution is 4.93. The molecule has 0 amide bonds. The first-order valence-corrected chi connectivity index (χ1v) is 5.61. The van der Waals surface area contributed by atoms with E-state index in [2.05, 4.69) is 25.5 Å². The van der Waals surface area contributed by atoms with E-state index in [0.717, 1.165) is 18.8 Å². The van der Waals surface area contributed by atoms with Crippen molar-refractivity contribution in [2.45, 2.75) is 34.6 Å². The predicted octanol–water partition coefficient (Wildman–Crippen LogP) is 3.07. The Kier molecular flexibility index (Phi) is 20.5. The Morgan fingerprint density at radius 2 is 1.36 bits per heavy atom. The van der Waals surface area contributed by atoms with Crippen LogP contribution in [0.1, 0.15) is 34.6 Å². The summed E-state index contributed by atoms with van der Waals surface area (Å²) in [5, 5.41) is 0. The lowest BCUT2D eigenvalue weighted by atomic mass is 10.4. The highest BCUT2D eigenvalue weighted by Gasteiger charge is 1.98. The van der Waals surface area contributed by atoms with Gasteiger partial charge in [-0.15, -0.1) is 0 Å². The summed E-state index contributed by atoms with van der Waals surface area (Å²) in [5.41, 5.74) is 1.16. The lowest BCUT2D eigenvalue weighted by Crippen LogP contribution is -2.25. The van der Waals surface area contributed by atoms with E-state index < -0.39 is 0 Å². The van der Waals surface area contributed by atoms with Crippen molar-refractivity contribution in [3.63, 3.8) is 0 Å². The zero-order valence-corrected chi connectivity index (χ0v) is 11.5. The maximum atomic E-state index is 3.93. The second kappa shape index (κ2) is 15.0. The van der Waals surface area contributed by atoms with Gasteiger partial charge in [0.15, 0.2) is 0 Å². The number of likely N-dealkylation sites (N-methyl/N-ethyl adjacent to an activating group) is 2. The van der Waals surface area contributed by atoms with Crippen molar-refractivity contribution in [3.05, 3.63) is 12.3 Å². The van der Waals surface area contributed by atoms with E-state index >= 15 is 0 Å². The highest BCUT2D eigenvalue weighted by atomic mass is 15.2. The molecule has 0 saturated carbocycles. The molecule has 0 spiro atoms. The van der Waals surface area contributed by atoms with Gasteiger partial charge in [0.25, 0.3) is 0 Å². The zero-order valence-electron chi connectivity index (χ0n) is 11.5. The van der Waals surface area contributed by atoms with Gasteiger partial charge in [-0.1, -0.05) is 41.2 Å². The molecule has 0 saturated heterocycles. The minimum atomic E-state index is 0.962. The van der Waals surface area contributed by atoms with Crippen molar-refractivity contribution >= 4 is 0 Å². The van der Waals surface area contributed by atoms with Crippen LogP contribution in [0.25, 0.3) is 0 Å². The van der Waals surface area contributed by atoms with E-state index in [1.165, 1.54) is 0 Å². The zero-order chi connectivity index (χ0) is 12.1. The minimum absolute atomic E-state index is 0.962.